The van der Waals surface area contributed by atoms with Crippen molar-refractivity contribution in [2.45, 2.75) is 18.6 Å². The van der Waals surface area contributed by atoms with E-state index in [9.17, 15) is 5.11 Å². The van der Waals surface area contributed by atoms with Crippen LogP contribution in [-0.2, 0) is 16.9 Å². The molecule has 1 atom stereocenters. The number of rotatable bonds is 6. The number of ether oxygens (including phenoxy) is 1. The Balaban J connectivity index is 1.44. The molecule has 1 N–H and O–H groups in total. The third kappa shape index (κ3) is 3.74. The Labute approximate surface area is 132 Å². The normalized spacial score (nSPS) is 22.0. The van der Waals surface area contributed by atoms with Gasteiger partial charge in [0.2, 0.25) is 0 Å². The van der Waals surface area contributed by atoms with Crippen molar-refractivity contribution < 1.29 is 9.84 Å². The Morgan fingerprint density at radius 3 is 2.41 bits per heavy atom. The van der Waals surface area contributed by atoms with Crippen molar-refractivity contribution in [1.29, 1.82) is 0 Å². The molecular formula is C19H23NO2. The van der Waals surface area contributed by atoms with E-state index in [0.717, 1.165) is 25.1 Å². The zero-order chi connectivity index (χ0) is 15.3. The first-order chi connectivity index (χ1) is 10.8. The van der Waals surface area contributed by atoms with Gasteiger partial charge >= 0.3 is 0 Å². The minimum absolute atomic E-state index is 0.650. The highest BCUT2D eigenvalue weighted by Gasteiger charge is 2.37. The number of aliphatic hydroxyl groups is 1. The zero-order valence-electron chi connectivity index (χ0n) is 12.8. The van der Waals surface area contributed by atoms with Crippen LogP contribution >= 0.6 is 0 Å². The predicted octanol–water partition coefficient (Wildman–Crippen LogP) is 2.80. The van der Waals surface area contributed by atoms with Crippen LogP contribution in [-0.4, -0.2) is 36.2 Å². The van der Waals surface area contributed by atoms with Gasteiger partial charge in [0.15, 0.2) is 0 Å². The third-order valence-corrected chi connectivity index (χ3v) is 4.30. The van der Waals surface area contributed by atoms with E-state index in [0.29, 0.717) is 19.8 Å². The number of hydrogen-bond acceptors (Lipinski definition) is 3. The van der Waals surface area contributed by atoms with Crippen LogP contribution in [0, 0.1) is 0 Å². The zero-order valence-corrected chi connectivity index (χ0v) is 12.8. The quantitative estimate of drug-likeness (QED) is 0.832. The monoisotopic (exact) mass is 297 g/mol. The first-order valence-electron chi connectivity index (χ1n) is 7.88. The SMILES string of the molecule is O[C@@]1(c2ccccc2)CCN(CCOCc2ccccc2)C1. The molecule has 3 nitrogen and oxygen atoms in total. The van der Waals surface area contributed by atoms with Gasteiger partial charge in [0, 0.05) is 19.6 Å². The summed E-state index contributed by atoms with van der Waals surface area (Å²) in [5.74, 6) is 0. The van der Waals surface area contributed by atoms with Gasteiger partial charge in [-0.15, -0.1) is 0 Å². The fraction of sp³-hybridized carbons (Fsp3) is 0.368. The van der Waals surface area contributed by atoms with Crippen LogP contribution < -0.4 is 0 Å². The largest absolute Gasteiger partial charge is 0.384 e. The van der Waals surface area contributed by atoms with Gasteiger partial charge in [-0.3, -0.25) is 4.90 Å². The van der Waals surface area contributed by atoms with Crippen molar-refractivity contribution in [3.8, 4) is 0 Å². The number of β-amino-alcohol motifs (C(OH)–C–C–N with tert-alkyl or cyclic N) is 1. The minimum atomic E-state index is -0.708. The van der Waals surface area contributed by atoms with Crippen molar-refractivity contribution in [3.63, 3.8) is 0 Å². The fourth-order valence-corrected chi connectivity index (χ4v) is 3.00. The Kier molecular flexibility index (Phi) is 4.88. The molecular weight excluding hydrogens is 274 g/mol. The molecule has 0 saturated carbocycles. The molecule has 0 amide bonds. The second-order valence-electron chi connectivity index (χ2n) is 5.96. The second kappa shape index (κ2) is 7.05. The third-order valence-electron chi connectivity index (χ3n) is 4.30. The molecule has 1 aliphatic rings. The van der Waals surface area contributed by atoms with E-state index in [1.54, 1.807) is 0 Å². The Hall–Kier alpha value is -1.68. The lowest BCUT2D eigenvalue weighted by atomic mass is 9.93. The molecule has 2 aromatic rings. The molecule has 1 heterocycles. The summed E-state index contributed by atoms with van der Waals surface area (Å²) in [7, 11) is 0. The summed E-state index contributed by atoms with van der Waals surface area (Å²) in [6.07, 6.45) is 0.787. The molecule has 0 spiro atoms. The van der Waals surface area contributed by atoms with Gasteiger partial charge in [0.1, 0.15) is 5.60 Å². The molecule has 0 radical (unpaired) electrons. The van der Waals surface area contributed by atoms with E-state index in [4.69, 9.17) is 4.74 Å². The molecule has 0 aliphatic carbocycles. The molecule has 3 rings (SSSR count). The van der Waals surface area contributed by atoms with E-state index in [2.05, 4.69) is 17.0 Å². The lowest BCUT2D eigenvalue weighted by Gasteiger charge is -2.24. The summed E-state index contributed by atoms with van der Waals surface area (Å²) in [5.41, 5.74) is 1.51. The number of benzene rings is 2. The summed E-state index contributed by atoms with van der Waals surface area (Å²) in [6, 6.07) is 20.2. The lowest BCUT2D eigenvalue weighted by Crippen LogP contribution is -2.32. The van der Waals surface area contributed by atoms with Crippen LogP contribution in [0.3, 0.4) is 0 Å². The summed E-state index contributed by atoms with van der Waals surface area (Å²) >= 11 is 0. The van der Waals surface area contributed by atoms with Crippen LogP contribution in [0.25, 0.3) is 0 Å². The van der Waals surface area contributed by atoms with Gasteiger partial charge in [0.05, 0.1) is 13.2 Å². The lowest BCUT2D eigenvalue weighted by molar-refractivity contribution is 0.0392. The van der Waals surface area contributed by atoms with Crippen molar-refractivity contribution in [1.82, 2.24) is 4.90 Å². The van der Waals surface area contributed by atoms with Crippen LogP contribution in [0.4, 0.5) is 0 Å². The summed E-state index contributed by atoms with van der Waals surface area (Å²) in [6.45, 7) is 3.81. The summed E-state index contributed by atoms with van der Waals surface area (Å²) in [4.78, 5) is 2.28. The molecule has 22 heavy (non-hydrogen) atoms. The van der Waals surface area contributed by atoms with Crippen LogP contribution in [0.15, 0.2) is 60.7 Å². The molecule has 2 aromatic carbocycles. The topological polar surface area (TPSA) is 32.7 Å². The maximum absolute atomic E-state index is 10.8. The van der Waals surface area contributed by atoms with E-state index in [1.165, 1.54) is 5.56 Å². The van der Waals surface area contributed by atoms with Gasteiger partial charge in [0.25, 0.3) is 0 Å². The van der Waals surface area contributed by atoms with Crippen LogP contribution in [0.2, 0.25) is 0 Å². The van der Waals surface area contributed by atoms with Crippen LogP contribution in [0.5, 0.6) is 0 Å². The first-order valence-corrected chi connectivity index (χ1v) is 7.88. The Bertz CT molecular complexity index is 573. The highest BCUT2D eigenvalue weighted by molar-refractivity contribution is 5.24. The van der Waals surface area contributed by atoms with E-state index < -0.39 is 5.60 Å². The number of likely N-dealkylation sites (tertiary alicyclic amines) is 1. The standard InChI is InChI=1S/C19H23NO2/c21-19(18-9-5-2-6-10-18)11-12-20(16-19)13-14-22-15-17-7-3-1-4-8-17/h1-10,21H,11-16H2/t19-/m0/s1. The van der Waals surface area contributed by atoms with Crippen LogP contribution in [0.1, 0.15) is 17.5 Å². The highest BCUT2D eigenvalue weighted by Crippen LogP contribution is 2.31. The van der Waals surface area contributed by atoms with Crippen molar-refractivity contribution in [2.75, 3.05) is 26.2 Å². The molecule has 0 unspecified atom stereocenters. The maximum Gasteiger partial charge on any atom is 0.103 e. The van der Waals surface area contributed by atoms with Gasteiger partial charge in [-0.2, -0.15) is 0 Å². The van der Waals surface area contributed by atoms with E-state index in [-0.39, 0.29) is 0 Å². The molecule has 3 heteroatoms. The number of hydrogen-bond donors (Lipinski definition) is 1. The first kappa shape index (κ1) is 15.2. The molecule has 1 aliphatic heterocycles. The van der Waals surface area contributed by atoms with Gasteiger partial charge < -0.3 is 9.84 Å². The molecule has 1 saturated heterocycles. The predicted molar refractivity (Wildman–Crippen MR) is 87.5 cm³/mol. The minimum Gasteiger partial charge on any atom is -0.384 e. The number of nitrogens with zero attached hydrogens (tertiary/aromatic N) is 1. The molecule has 0 bridgehead atoms. The molecule has 116 valence electrons. The fourth-order valence-electron chi connectivity index (χ4n) is 3.00. The van der Waals surface area contributed by atoms with Gasteiger partial charge in [-0.25, -0.2) is 0 Å². The van der Waals surface area contributed by atoms with E-state index in [1.807, 2.05) is 48.5 Å². The smallest absolute Gasteiger partial charge is 0.103 e. The average molecular weight is 297 g/mol. The second-order valence-corrected chi connectivity index (χ2v) is 5.96. The van der Waals surface area contributed by atoms with Crippen molar-refractivity contribution in [3.05, 3.63) is 71.8 Å². The van der Waals surface area contributed by atoms with Gasteiger partial charge in [-0.05, 0) is 17.5 Å². The summed E-state index contributed by atoms with van der Waals surface area (Å²) in [5, 5.41) is 10.8. The van der Waals surface area contributed by atoms with Crippen molar-refractivity contribution in [2.24, 2.45) is 0 Å². The average Bonchev–Trinajstić information content (AvgIpc) is 2.96. The molecule has 1 fully saturated rings. The Morgan fingerprint density at radius 2 is 1.68 bits per heavy atom. The highest BCUT2D eigenvalue weighted by atomic mass is 16.5. The summed E-state index contributed by atoms with van der Waals surface area (Å²) < 4.78 is 5.73. The van der Waals surface area contributed by atoms with E-state index >= 15 is 0 Å². The molecule has 0 aromatic heterocycles. The maximum atomic E-state index is 10.8. The van der Waals surface area contributed by atoms with Crippen molar-refractivity contribution >= 4 is 0 Å². The van der Waals surface area contributed by atoms with Gasteiger partial charge in [-0.1, -0.05) is 60.7 Å². The Morgan fingerprint density at radius 1 is 1.00 bits per heavy atom.